The molecule has 1 aromatic rings. The van der Waals surface area contributed by atoms with E-state index in [0.29, 0.717) is 15.7 Å². The van der Waals surface area contributed by atoms with Gasteiger partial charge in [-0.25, -0.2) is 0 Å². The average molecular weight is 298 g/mol. The Kier molecular flexibility index (Phi) is 4.19. The van der Waals surface area contributed by atoms with E-state index in [-0.39, 0.29) is 12.5 Å². The van der Waals surface area contributed by atoms with Crippen molar-refractivity contribution < 1.29 is 4.79 Å². The van der Waals surface area contributed by atoms with Crippen molar-refractivity contribution in [2.24, 2.45) is 5.73 Å². The minimum absolute atomic E-state index is 0.108. The van der Waals surface area contributed by atoms with E-state index in [2.05, 4.69) is 21.2 Å². The van der Waals surface area contributed by atoms with Gasteiger partial charge in [0, 0.05) is 4.47 Å². The minimum atomic E-state index is -0.337. The average Bonchev–Trinajstić information content (AvgIpc) is 2.10. The molecule has 6 heteroatoms. The molecular formula is C8H7BrCl2N2O. The SMILES string of the molecule is NCC(=O)Nc1c(Cl)cc(Br)cc1Cl. The monoisotopic (exact) mass is 296 g/mol. The number of halogens is 3. The number of nitrogens with two attached hydrogens (primary N) is 1. The Labute approximate surface area is 99.7 Å². The molecule has 1 amide bonds. The highest BCUT2D eigenvalue weighted by Crippen LogP contribution is 2.33. The van der Waals surface area contributed by atoms with E-state index in [0.717, 1.165) is 4.47 Å². The number of hydrogen-bond donors (Lipinski definition) is 2. The van der Waals surface area contributed by atoms with Gasteiger partial charge in [0.05, 0.1) is 22.3 Å². The molecule has 0 bridgehead atoms. The standard InChI is InChI=1S/C8H7BrCl2N2O/c9-4-1-5(10)8(6(11)2-4)13-7(14)3-12/h1-2H,3,12H2,(H,13,14). The number of rotatable bonds is 2. The van der Waals surface area contributed by atoms with Crippen LogP contribution in [0.2, 0.25) is 10.0 Å². The van der Waals surface area contributed by atoms with Crippen molar-refractivity contribution in [1.82, 2.24) is 0 Å². The molecule has 3 nitrogen and oxygen atoms in total. The quantitative estimate of drug-likeness (QED) is 0.882. The van der Waals surface area contributed by atoms with Crippen molar-refractivity contribution in [1.29, 1.82) is 0 Å². The van der Waals surface area contributed by atoms with Crippen LogP contribution in [0.1, 0.15) is 0 Å². The fraction of sp³-hybridized carbons (Fsp3) is 0.125. The first-order valence-corrected chi connectivity index (χ1v) is 5.24. The molecule has 0 aliphatic carbocycles. The van der Waals surface area contributed by atoms with Crippen molar-refractivity contribution in [2.75, 3.05) is 11.9 Å². The van der Waals surface area contributed by atoms with Gasteiger partial charge in [-0.3, -0.25) is 4.79 Å². The molecule has 0 saturated carbocycles. The topological polar surface area (TPSA) is 55.1 Å². The van der Waals surface area contributed by atoms with Crippen molar-refractivity contribution >= 4 is 50.7 Å². The molecule has 76 valence electrons. The van der Waals surface area contributed by atoms with Crippen LogP contribution in [0.25, 0.3) is 0 Å². The molecular weight excluding hydrogens is 291 g/mol. The molecule has 0 aliphatic heterocycles. The summed E-state index contributed by atoms with van der Waals surface area (Å²) in [5, 5.41) is 3.24. The maximum atomic E-state index is 11.0. The zero-order chi connectivity index (χ0) is 10.7. The highest BCUT2D eigenvalue weighted by Gasteiger charge is 2.09. The van der Waals surface area contributed by atoms with Crippen molar-refractivity contribution in [2.45, 2.75) is 0 Å². The molecule has 0 fully saturated rings. The summed E-state index contributed by atoms with van der Waals surface area (Å²) in [6.45, 7) is -0.108. The summed E-state index contributed by atoms with van der Waals surface area (Å²) >= 11 is 15.0. The lowest BCUT2D eigenvalue weighted by atomic mass is 10.3. The van der Waals surface area contributed by atoms with E-state index in [1.54, 1.807) is 12.1 Å². The third-order valence-corrected chi connectivity index (χ3v) is 2.51. The summed E-state index contributed by atoms with van der Waals surface area (Å²) in [6, 6.07) is 3.28. The van der Waals surface area contributed by atoms with E-state index in [9.17, 15) is 4.79 Å². The number of carbonyl (C=O) groups is 1. The Morgan fingerprint density at radius 3 is 2.36 bits per heavy atom. The molecule has 3 N–H and O–H groups in total. The van der Waals surface area contributed by atoms with Crippen LogP contribution in [0.3, 0.4) is 0 Å². The van der Waals surface area contributed by atoms with Gasteiger partial charge < -0.3 is 11.1 Å². The number of benzene rings is 1. The molecule has 0 heterocycles. The third-order valence-electron chi connectivity index (χ3n) is 1.46. The largest absolute Gasteiger partial charge is 0.322 e. The van der Waals surface area contributed by atoms with Crippen LogP contribution < -0.4 is 11.1 Å². The summed E-state index contributed by atoms with van der Waals surface area (Å²) in [5.74, 6) is -0.337. The van der Waals surface area contributed by atoms with Crippen LogP contribution in [-0.2, 0) is 4.79 Å². The zero-order valence-corrected chi connectivity index (χ0v) is 10.1. The molecule has 0 unspecified atom stereocenters. The van der Waals surface area contributed by atoms with Crippen LogP contribution >= 0.6 is 39.1 Å². The zero-order valence-electron chi connectivity index (χ0n) is 6.98. The number of amides is 1. The van der Waals surface area contributed by atoms with Crippen molar-refractivity contribution in [3.05, 3.63) is 26.7 Å². The van der Waals surface area contributed by atoms with Crippen LogP contribution in [0.15, 0.2) is 16.6 Å². The van der Waals surface area contributed by atoms with Crippen LogP contribution in [0, 0.1) is 0 Å². The highest BCUT2D eigenvalue weighted by molar-refractivity contribution is 9.10. The van der Waals surface area contributed by atoms with Gasteiger partial charge in [-0.2, -0.15) is 0 Å². The van der Waals surface area contributed by atoms with Gasteiger partial charge >= 0.3 is 0 Å². The molecule has 0 aliphatic rings. The lowest BCUT2D eigenvalue weighted by Crippen LogP contribution is -2.22. The predicted molar refractivity (Wildman–Crippen MR) is 61.8 cm³/mol. The Morgan fingerprint density at radius 1 is 1.43 bits per heavy atom. The van der Waals surface area contributed by atoms with Crippen LogP contribution in [0.4, 0.5) is 5.69 Å². The van der Waals surface area contributed by atoms with Crippen LogP contribution in [0.5, 0.6) is 0 Å². The lowest BCUT2D eigenvalue weighted by molar-refractivity contribution is -0.114. The number of anilines is 1. The smallest absolute Gasteiger partial charge is 0.238 e. The van der Waals surface area contributed by atoms with E-state index in [4.69, 9.17) is 28.9 Å². The number of hydrogen-bond acceptors (Lipinski definition) is 2. The van der Waals surface area contributed by atoms with Gasteiger partial charge in [0.2, 0.25) is 5.91 Å². The number of carbonyl (C=O) groups excluding carboxylic acids is 1. The normalized spacial score (nSPS) is 10.0. The molecule has 0 spiro atoms. The van der Waals surface area contributed by atoms with Gasteiger partial charge in [0.25, 0.3) is 0 Å². The molecule has 0 aromatic heterocycles. The van der Waals surface area contributed by atoms with Crippen molar-refractivity contribution in [3.8, 4) is 0 Å². The summed E-state index contributed by atoms with van der Waals surface area (Å²) in [5.41, 5.74) is 5.52. The van der Waals surface area contributed by atoms with E-state index in [1.165, 1.54) is 0 Å². The Bertz CT molecular complexity index is 347. The lowest BCUT2D eigenvalue weighted by Gasteiger charge is -2.08. The third kappa shape index (κ3) is 2.85. The van der Waals surface area contributed by atoms with E-state index in [1.807, 2.05) is 0 Å². The second-order valence-electron chi connectivity index (χ2n) is 2.50. The van der Waals surface area contributed by atoms with Crippen LogP contribution in [-0.4, -0.2) is 12.5 Å². The Morgan fingerprint density at radius 2 is 1.93 bits per heavy atom. The predicted octanol–water partition coefficient (Wildman–Crippen LogP) is 2.65. The second-order valence-corrected chi connectivity index (χ2v) is 4.23. The van der Waals surface area contributed by atoms with Crippen molar-refractivity contribution in [3.63, 3.8) is 0 Å². The molecule has 0 radical (unpaired) electrons. The Hall–Kier alpha value is -0.290. The molecule has 14 heavy (non-hydrogen) atoms. The summed E-state index contributed by atoms with van der Waals surface area (Å²) in [6.07, 6.45) is 0. The first-order chi connectivity index (χ1) is 6.54. The maximum absolute atomic E-state index is 11.0. The summed E-state index contributed by atoms with van der Waals surface area (Å²) < 4.78 is 0.748. The van der Waals surface area contributed by atoms with Gasteiger partial charge in [0.15, 0.2) is 0 Å². The number of nitrogens with one attached hydrogen (secondary N) is 1. The van der Waals surface area contributed by atoms with Gasteiger partial charge in [0.1, 0.15) is 0 Å². The van der Waals surface area contributed by atoms with E-state index < -0.39 is 0 Å². The molecule has 0 saturated heterocycles. The fourth-order valence-electron chi connectivity index (χ4n) is 0.852. The summed E-state index contributed by atoms with van der Waals surface area (Å²) in [7, 11) is 0. The highest BCUT2D eigenvalue weighted by atomic mass is 79.9. The fourth-order valence-corrected chi connectivity index (χ4v) is 2.16. The summed E-state index contributed by atoms with van der Waals surface area (Å²) in [4.78, 5) is 11.0. The van der Waals surface area contributed by atoms with Gasteiger partial charge in [-0.05, 0) is 12.1 Å². The molecule has 0 atom stereocenters. The first kappa shape index (κ1) is 11.8. The molecule has 1 aromatic carbocycles. The minimum Gasteiger partial charge on any atom is -0.322 e. The second kappa shape index (κ2) is 4.98. The van der Waals surface area contributed by atoms with Gasteiger partial charge in [-0.15, -0.1) is 0 Å². The first-order valence-electron chi connectivity index (χ1n) is 3.69. The maximum Gasteiger partial charge on any atom is 0.238 e. The van der Waals surface area contributed by atoms with Gasteiger partial charge in [-0.1, -0.05) is 39.1 Å². The van der Waals surface area contributed by atoms with E-state index >= 15 is 0 Å². The Balaban J connectivity index is 3.02. The molecule has 1 rings (SSSR count).